The van der Waals surface area contributed by atoms with Crippen molar-refractivity contribution in [2.45, 2.75) is 26.9 Å². The fraction of sp³-hybridized carbons (Fsp3) is 0.545. The van der Waals surface area contributed by atoms with Gasteiger partial charge in [-0.05, 0) is 9.91 Å². The maximum Gasteiger partial charge on any atom is 0.381 e. The van der Waals surface area contributed by atoms with E-state index in [0.29, 0.717) is 0 Å². The minimum atomic E-state index is -1.20. The summed E-state index contributed by atoms with van der Waals surface area (Å²) in [5.41, 5.74) is -0.723. The number of rotatable bonds is 4. The van der Waals surface area contributed by atoms with Crippen LogP contribution >= 0.6 is 0 Å². The van der Waals surface area contributed by atoms with Gasteiger partial charge in [0.1, 0.15) is 6.20 Å². The van der Waals surface area contributed by atoms with Crippen molar-refractivity contribution in [2.24, 2.45) is 5.41 Å². The first kappa shape index (κ1) is 15.6. The van der Waals surface area contributed by atoms with Gasteiger partial charge in [-0.1, -0.05) is 20.8 Å². The van der Waals surface area contributed by atoms with Crippen molar-refractivity contribution in [1.29, 1.82) is 0 Å². The van der Waals surface area contributed by atoms with Crippen LogP contribution in [0.3, 0.4) is 0 Å². The highest BCUT2D eigenvalue weighted by molar-refractivity contribution is 5.86. The van der Waals surface area contributed by atoms with Crippen molar-refractivity contribution < 1.29 is 19.2 Å². The molecule has 20 heavy (non-hydrogen) atoms. The van der Waals surface area contributed by atoms with E-state index in [9.17, 15) is 19.7 Å². The molecule has 0 aliphatic rings. The van der Waals surface area contributed by atoms with E-state index in [1.807, 2.05) is 0 Å². The molecule has 0 saturated heterocycles. The molecule has 9 heteroatoms. The maximum absolute atomic E-state index is 11.9. The van der Waals surface area contributed by atoms with Gasteiger partial charge in [0.05, 0.1) is 7.11 Å². The summed E-state index contributed by atoms with van der Waals surface area (Å²) in [6.07, 6.45) is 0.931. The van der Waals surface area contributed by atoms with E-state index in [1.54, 1.807) is 20.8 Å². The number of carbonyl (C=O) groups excluding carboxylic acids is 2. The minimum Gasteiger partial charge on any atom is -0.466 e. The largest absolute Gasteiger partial charge is 0.466 e. The molecule has 1 aromatic heterocycles. The van der Waals surface area contributed by atoms with Crippen molar-refractivity contribution in [1.82, 2.24) is 14.9 Å². The highest BCUT2D eigenvalue weighted by atomic mass is 16.6. The van der Waals surface area contributed by atoms with Crippen LogP contribution in [0.1, 0.15) is 26.9 Å². The zero-order chi connectivity index (χ0) is 15.5. The van der Waals surface area contributed by atoms with Gasteiger partial charge in [0.15, 0.2) is 0 Å². The second kappa shape index (κ2) is 5.68. The van der Waals surface area contributed by atoms with E-state index in [2.05, 4.69) is 15.0 Å². The van der Waals surface area contributed by atoms with Gasteiger partial charge in [0.25, 0.3) is 0 Å². The summed E-state index contributed by atoms with van der Waals surface area (Å²) in [5.74, 6) is -1.58. The normalized spacial score (nSPS) is 12.6. The number of nitrogens with one attached hydrogen (secondary N) is 1. The van der Waals surface area contributed by atoms with Crippen LogP contribution in [0.5, 0.6) is 0 Å². The summed E-state index contributed by atoms with van der Waals surface area (Å²) in [5, 5.41) is 13.0. The number of nitrogens with zero attached hydrogens (tertiary/aromatic N) is 3. The number of imidazole rings is 1. The lowest BCUT2D eigenvalue weighted by Crippen LogP contribution is -2.43. The minimum absolute atomic E-state index is 0.399. The molecule has 0 aliphatic heterocycles. The summed E-state index contributed by atoms with van der Waals surface area (Å²) in [4.78, 5) is 37.0. The highest BCUT2D eigenvalue weighted by Gasteiger charge is 2.30. The third kappa shape index (κ3) is 3.53. The number of ether oxygens (including phenoxy) is 1. The number of carbonyl (C=O) groups is 2. The predicted octanol–water partition coefficient (Wildman–Crippen LogP) is 0.625. The van der Waals surface area contributed by atoms with Gasteiger partial charge < -0.3 is 20.2 Å². The summed E-state index contributed by atoms with van der Waals surface area (Å²) < 4.78 is 5.70. The molecule has 0 fully saturated rings. The SMILES string of the molecule is COC(=O)C(NC(=O)C(C)(C)C)n1cnc([N+](=O)[O-])c1. The first-order valence-corrected chi connectivity index (χ1v) is 5.73. The van der Waals surface area contributed by atoms with E-state index in [4.69, 9.17) is 0 Å². The quantitative estimate of drug-likeness (QED) is 0.492. The fourth-order valence-corrected chi connectivity index (χ4v) is 1.27. The monoisotopic (exact) mass is 284 g/mol. The lowest BCUT2D eigenvalue weighted by Gasteiger charge is -2.22. The Morgan fingerprint density at radius 3 is 2.50 bits per heavy atom. The molecule has 1 heterocycles. The summed E-state index contributed by atoms with van der Waals surface area (Å²) in [7, 11) is 1.16. The van der Waals surface area contributed by atoms with Gasteiger partial charge in [-0.2, -0.15) is 0 Å². The first-order valence-electron chi connectivity index (χ1n) is 5.73. The molecular formula is C11H16N4O5. The Labute approximate surface area is 115 Å². The van der Waals surface area contributed by atoms with Crippen molar-refractivity contribution >= 4 is 17.7 Å². The second-order valence-electron chi connectivity index (χ2n) is 5.09. The van der Waals surface area contributed by atoms with Crippen LogP contribution in [-0.2, 0) is 14.3 Å². The smallest absolute Gasteiger partial charge is 0.381 e. The Kier molecular flexibility index (Phi) is 4.43. The van der Waals surface area contributed by atoms with E-state index in [1.165, 1.54) is 0 Å². The number of hydrogen-bond acceptors (Lipinski definition) is 6. The van der Waals surface area contributed by atoms with E-state index in [-0.39, 0.29) is 0 Å². The van der Waals surface area contributed by atoms with Gasteiger partial charge in [-0.15, -0.1) is 0 Å². The van der Waals surface area contributed by atoms with Crippen molar-refractivity contribution in [3.05, 3.63) is 22.6 Å². The number of nitro groups is 1. The zero-order valence-corrected chi connectivity index (χ0v) is 11.6. The molecule has 1 atom stereocenters. The lowest BCUT2D eigenvalue weighted by molar-refractivity contribution is -0.389. The van der Waals surface area contributed by atoms with Gasteiger partial charge >= 0.3 is 11.8 Å². The third-order valence-electron chi connectivity index (χ3n) is 2.45. The Hall–Kier alpha value is -2.45. The number of methoxy groups -OCH3 is 1. The Balaban J connectivity index is 3.03. The average Bonchev–Trinajstić information content (AvgIpc) is 2.82. The van der Waals surface area contributed by atoms with Crippen LogP contribution < -0.4 is 5.32 Å². The van der Waals surface area contributed by atoms with Crippen molar-refractivity contribution in [3.63, 3.8) is 0 Å². The maximum atomic E-state index is 11.9. The molecule has 110 valence electrons. The number of hydrogen-bond donors (Lipinski definition) is 1. The molecule has 9 nitrogen and oxygen atoms in total. The molecule has 0 bridgehead atoms. The number of amides is 1. The van der Waals surface area contributed by atoms with Gasteiger partial charge in [0, 0.05) is 5.41 Å². The van der Waals surface area contributed by atoms with Crippen molar-refractivity contribution in [2.75, 3.05) is 7.11 Å². The summed E-state index contributed by atoms with van der Waals surface area (Å²) >= 11 is 0. The molecule has 0 saturated carbocycles. The van der Waals surface area contributed by atoms with E-state index in [0.717, 1.165) is 24.2 Å². The van der Waals surface area contributed by atoms with Gasteiger partial charge in [-0.3, -0.25) is 9.36 Å². The zero-order valence-electron chi connectivity index (χ0n) is 11.6. The molecule has 1 N–H and O–H groups in total. The third-order valence-corrected chi connectivity index (χ3v) is 2.45. The highest BCUT2D eigenvalue weighted by Crippen LogP contribution is 2.17. The molecular weight excluding hydrogens is 268 g/mol. The molecule has 0 radical (unpaired) electrons. The molecule has 1 unspecified atom stereocenters. The number of aromatic nitrogens is 2. The Bertz CT molecular complexity index is 531. The number of esters is 1. The second-order valence-corrected chi connectivity index (χ2v) is 5.09. The Morgan fingerprint density at radius 2 is 2.10 bits per heavy atom. The van der Waals surface area contributed by atoms with Crippen LogP contribution in [-0.4, -0.2) is 33.5 Å². The first-order chi connectivity index (χ1) is 9.16. The molecule has 1 rings (SSSR count). The van der Waals surface area contributed by atoms with Crippen LogP contribution in [0.2, 0.25) is 0 Å². The van der Waals surface area contributed by atoms with Crippen LogP contribution in [0, 0.1) is 15.5 Å². The topological polar surface area (TPSA) is 116 Å². The molecule has 0 aliphatic carbocycles. The summed E-state index contributed by atoms with van der Waals surface area (Å²) in [6.45, 7) is 5.02. The van der Waals surface area contributed by atoms with Crippen LogP contribution in [0.4, 0.5) is 5.82 Å². The summed E-state index contributed by atoms with van der Waals surface area (Å²) in [6, 6.07) is 0. The van der Waals surface area contributed by atoms with Crippen LogP contribution in [0.15, 0.2) is 12.5 Å². The van der Waals surface area contributed by atoms with Gasteiger partial charge in [-0.25, -0.2) is 4.79 Å². The van der Waals surface area contributed by atoms with Crippen LogP contribution in [0.25, 0.3) is 0 Å². The van der Waals surface area contributed by atoms with Crippen molar-refractivity contribution in [3.8, 4) is 0 Å². The lowest BCUT2D eigenvalue weighted by atomic mass is 9.95. The van der Waals surface area contributed by atoms with Gasteiger partial charge in [0.2, 0.25) is 18.4 Å². The average molecular weight is 284 g/mol. The molecule has 0 aromatic carbocycles. The fourth-order valence-electron chi connectivity index (χ4n) is 1.27. The molecule has 1 aromatic rings. The van der Waals surface area contributed by atoms with E-state index >= 15 is 0 Å². The molecule has 0 spiro atoms. The predicted molar refractivity (Wildman–Crippen MR) is 67.5 cm³/mol. The standard InChI is InChI=1S/C11H16N4O5/c1-11(2,3)10(17)13-8(9(16)20-4)14-5-7(12-6-14)15(18)19/h5-6,8H,1-4H3,(H,13,17). The molecule has 1 amide bonds. The van der Waals surface area contributed by atoms with E-state index < -0.39 is 34.2 Å². The Morgan fingerprint density at radius 1 is 1.50 bits per heavy atom.